The number of hydrogen-bond donors (Lipinski definition) is 1. The van der Waals surface area contributed by atoms with Gasteiger partial charge in [-0.25, -0.2) is 0 Å². The third-order valence-electron chi connectivity index (χ3n) is 2.39. The van der Waals surface area contributed by atoms with Gasteiger partial charge < -0.3 is 5.32 Å². The molecule has 1 aromatic rings. The quantitative estimate of drug-likeness (QED) is 0.749. The zero-order valence-corrected chi connectivity index (χ0v) is 10.8. The Kier molecular flexibility index (Phi) is 5.26. The predicted octanol–water partition coefficient (Wildman–Crippen LogP) is 2.87. The van der Waals surface area contributed by atoms with Gasteiger partial charge in [-0.05, 0) is 33.7 Å². The van der Waals surface area contributed by atoms with Crippen LogP contribution in [0, 0.1) is 0 Å². The molecule has 0 unspecified atom stereocenters. The maximum absolute atomic E-state index is 4.32. The van der Waals surface area contributed by atoms with Crippen molar-refractivity contribution in [3.8, 4) is 0 Å². The Hall–Kier alpha value is -1.09. The van der Waals surface area contributed by atoms with Crippen LogP contribution in [-0.2, 0) is 0 Å². The molecule has 0 saturated carbocycles. The van der Waals surface area contributed by atoms with Crippen LogP contribution in [0.15, 0.2) is 18.0 Å². The molecule has 3 nitrogen and oxygen atoms in total. The summed E-state index contributed by atoms with van der Waals surface area (Å²) in [5, 5.41) is 7.71. The van der Waals surface area contributed by atoms with E-state index in [1.807, 2.05) is 10.9 Å². The van der Waals surface area contributed by atoms with E-state index in [0.717, 1.165) is 13.1 Å². The molecule has 1 heterocycles. The molecular weight excluding hydrogens is 198 g/mol. The molecule has 0 atom stereocenters. The second-order valence-corrected chi connectivity index (χ2v) is 4.51. The largest absolute Gasteiger partial charge is 0.313 e. The lowest BCUT2D eigenvalue weighted by molar-refractivity contribution is 0.532. The maximum atomic E-state index is 4.32. The standard InChI is InChI=1S/C13H23N3/c1-5-6-14-8-12(4)7-13-9-15-16(10-13)11(2)3/h7,9-11,14H,5-6,8H2,1-4H3. The molecule has 3 heteroatoms. The summed E-state index contributed by atoms with van der Waals surface area (Å²) in [5.41, 5.74) is 2.53. The van der Waals surface area contributed by atoms with Crippen molar-refractivity contribution in [2.45, 2.75) is 40.2 Å². The first kappa shape index (κ1) is 13.0. The molecule has 1 N–H and O–H groups in total. The molecule has 0 aromatic carbocycles. The fourth-order valence-electron chi connectivity index (χ4n) is 1.51. The number of nitrogens with zero attached hydrogens (tertiary/aromatic N) is 2. The smallest absolute Gasteiger partial charge is 0.0562 e. The van der Waals surface area contributed by atoms with Gasteiger partial charge in [-0.2, -0.15) is 5.10 Å². The van der Waals surface area contributed by atoms with E-state index in [2.05, 4.69) is 50.4 Å². The van der Waals surface area contributed by atoms with E-state index >= 15 is 0 Å². The van der Waals surface area contributed by atoms with Crippen molar-refractivity contribution in [2.24, 2.45) is 0 Å². The van der Waals surface area contributed by atoms with Crippen LogP contribution >= 0.6 is 0 Å². The fourth-order valence-corrected chi connectivity index (χ4v) is 1.51. The molecule has 0 bridgehead atoms. The molecule has 0 aliphatic heterocycles. The average molecular weight is 221 g/mol. The third-order valence-corrected chi connectivity index (χ3v) is 2.39. The van der Waals surface area contributed by atoms with Gasteiger partial charge in [-0.3, -0.25) is 4.68 Å². The predicted molar refractivity (Wildman–Crippen MR) is 69.4 cm³/mol. The van der Waals surface area contributed by atoms with Gasteiger partial charge in [0.25, 0.3) is 0 Å². The summed E-state index contributed by atoms with van der Waals surface area (Å²) in [4.78, 5) is 0. The van der Waals surface area contributed by atoms with Gasteiger partial charge in [0.1, 0.15) is 0 Å². The monoisotopic (exact) mass is 221 g/mol. The lowest BCUT2D eigenvalue weighted by atomic mass is 10.2. The Balaban J connectivity index is 2.53. The molecule has 0 saturated heterocycles. The van der Waals surface area contributed by atoms with E-state index in [4.69, 9.17) is 0 Å². The highest BCUT2D eigenvalue weighted by molar-refractivity contribution is 5.50. The van der Waals surface area contributed by atoms with E-state index in [1.165, 1.54) is 17.6 Å². The lowest BCUT2D eigenvalue weighted by Gasteiger charge is -2.03. The highest BCUT2D eigenvalue weighted by Gasteiger charge is 1.99. The fraction of sp³-hybridized carbons (Fsp3) is 0.615. The van der Waals surface area contributed by atoms with Gasteiger partial charge in [0.15, 0.2) is 0 Å². The zero-order valence-electron chi connectivity index (χ0n) is 10.8. The Labute approximate surface area is 98.5 Å². The topological polar surface area (TPSA) is 29.9 Å². The van der Waals surface area contributed by atoms with Gasteiger partial charge >= 0.3 is 0 Å². The molecule has 0 fully saturated rings. The van der Waals surface area contributed by atoms with Gasteiger partial charge in [0, 0.05) is 24.3 Å². The summed E-state index contributed by atoms with van der Waals surface area (Å²) in [7, 11) is 0. The first-order valence-corrected chi connectivity index (χ1v) is 6.05. The summed E-state index contributed by atoms with van der Waals surface area (Å²) >= 11 is 0. The van der Waals surface area contributed by atoms with E-state index in [1.54, 1.807) is 0 Å². The second kappa shape index (κ2) is 6.48. The van der Waals surface area contributed by atoms with Crippen LogP contribution in [0.2, 0.25) is 0 Å². The van der Waals surface area contributed by atoms with Crippen LogP contribution in [0.4, 0.5) is 0 Å². The Bertz CT molecular complexity index is 337. The summed E-state index contributed by atoms with van der Waals surface area (Å²) in [6.45, 7) is 10.6. The van der Waals surface area contributed by atoms with E-state index in [9.17, 15) is 0 Å². The van der Waals surface area contributed by atoms with Gasteiger partial charge in [-0.15, -0.1) is 0 Å². The van der Waals surface area contributed by atoms with Crippen LogP contribution in [0.5, 0.6) is 0 Å². The van der Waals surface area contributed by atoms with Crippen LogP contribution in [0.25, 0.3) is 6.08 Å². The van der Waals surface area contributed by atoms with Crippen molar-refractivity contribution in [3.63, 3.8) is 0 Å². The van der Waals surface area contributed by atoms with Crippen LogP contribution in [0.3, 0.4) is 0 Å². The number of hydrogen-bond acceptors (Lipinski definition) is 2. The number of nitrogens with one attached hydrogen (secondary N) is 1. The number of rotatable bonds is 6. The van der Waals surface area contributed by atoms with E-state index in [-0.39, 0.29) is 0 Å². The van der Waals surface area contributed by atoms with Crippen molar-refractivity contribution in [3.05, 3.63) is 23.5 Å². The normalized spacial score (nSPS) is 12.4. The molecule has 1 rings (SSSR count). The molecule has 0 amide bonds. The van der Waals surface area contributed by atoms with Crippen molar-refractivity contribution in [1.82, 2.24) is 15.1 Å². The Morgan fingerprint density at radius 1 is 1.56 bits per heavy atom. The second-order valence-electron chi connectivity index (χ2n) is 4.51. The van der Waals surface area contributed by atoms with Crippen LogP contribution < -0.4 is 5.32 Å². The van der Waals surface area contributed by atoms with Gasteiger partial charge in [-0.1, -0.05) is 18.6 Å². The molecule has 1 aromatic heterocycles. The molecule has 0 aliphatic carbocycles. The summed E-state index contributed by atoms with van der Waals surface area (Å²) in [5.74, 6) is 0. The molecule has 16 heavy (non-hydrogen) atoms. The average Bonchev–Trinajstić information content (AvgIpc) is 2.66. The minimum Gasteiger partial charge on any atom is -0.313 e. The SMILES string of the molecule is CCCNCC(C)=Cc1cnn(C(C)C)c1. The minimum atomic E-state index is 0.431. The van der Waals surface area contributed by atoms with E-state index in [0.29, 0.717) is 6.04 Å². The summed E-state index contributed by atoms with van der Waals surface area (Å²) in [6.07, 6.45) is 7.38. The highest BCUT2D eigenvalue weighted by atomic mass is 15.3. The van der Waals surface area contributed by atoms with Crippen molar-refractivity contribution in [2.75, 3.05) is 13.1 Å². The number of aromatic nitrogens is 2. The van der Waals surface area contributed by atoms with Gasteiger partial charge in [0.05, 0.1) is 6.20 Å². The van der Waals surface area contributed by atoms with Crippen molar-refractivity contribution >= 4 is 6.08 Å². The first-order valence-electron chi connectivity index (χ1n) is 6.05. The minimum absolute atomic E-state index is 0.431. The van der Waals surface area contributed by atoms with Crippen molar-refractivity contribution in [1.29, 1.82) is 0 Å². The van der Waals surface area contributed by atoms with E-state index < -0.39 is 0 Å². The van der Waals surface area contributed by atoms with Crippen LogP contribution in [0.1, 0.15) is 45.7 Å². The Morgan fingerprint density at radius 2 is 2.31 bits per heavy atom. The lowest BCUT2D eigenvalue weighted by Crippen LogP contribution is -2.16. The molecule has 0 aliphatic rings. The van der Waals surface area contributed by atoms with Crippen molar-refractivity contribution < 1.29 is 0 Å². The molecular formula is C13H23N3. The molecule has 90 valence electrons. The highest BCUT2D eigenvalue weighted by Crippen LogP contribution is 2.08. The molecule has 0 spiro atoms. The maximum Gasteiger partial charge on any atom is 0.0562 e. The van der Waals surface area contributed by atoms with Crippen LogP contribution in [-0.4, -0.2) is 22.9 Å². The zero-order chi connectivity index (χ0) is 12.0. The Morgan fingerprint density at radius 3 is 2.88 bits per heavy atom. The summed E-state index contributed by atoms with van der Waals surface area (Å²) < 4.78 is 1.98. The first-order chi connectivity index (χ1) is 7.63. The third kappa shape index (κ3) is 4.19. The summed E-state index contributed by atoms with van der Waals surface area (Å²) in [6, 6.07) is 0.431. The van der Waals surface area contributed by atoms with Gasteiger partial charge in [0.2, 0.25) is 0 Å². The molecule has 0 radical (unpaired) electrons.